The number of fused-ring (bicyclic) bond motifs is 1. The maximum Gasteiger partial charge on any atom is 0.146 e. The van der Waals surface area contributed by atoms with E-state index in [2.05, 4.69) is 41.1 Å². The van der Waals surface area contributed by atoms with Crippen LogP contribution in [0.1, 0.15) is 22.7 Å². The summed E-state index contributed by atoms with van der Waals surface area (Å²) < 4.78 is 0. The minimum Gasteiger partial charge on any atom is -0.383 e. The van der Waals surface area contributed by atoms with Crippen molar-refractivity contribution in [3.05, 3.63) is 16.3 Å². The van der Waals surface area contributed by atoms with Crippen LogP contribution in [0, 0.1) is 13.8 Å². The predicted molar refractivity (Wildman–Crippen MR) is 86.2 cm³/mol. The fraction of sp³-hybridized carbons (Fsp3) is 0.571. The molecule has 0 saturated heterocycles. The Morgan fingerprint density at radius 1 is 1.30 bits per heavy atom. The van der Waals surface area contributed by atoms with Crippen LogP contribution in [0.5, 0.6) is 0 Å². The van der Waals surface area contributed by atoms with Crippen LogP contribution in [0.15, 0.2) is 0 Å². The molecule has 0 spiro atoms. The second-order valence-corrected chi connectivity index (χ2v) is 6.39. The number of aromatic nitrogens is 2. The van der Waals surface area contributed by atoms with E-state index in [-0.39, 0.29) is 0 Å². The summed E-state index contributed by atoms with van der Waals surface area (Å²) in [6, 6.07) is 0. The van der Waals surface area contributed by atoms with E-state index in [0.717, 1.165) is 42.1 Å². The number of thiophene rings is 1. The monoisotopic (exact) mass is 293 g/mol. The molecule has 2 heterocycles. The first-order chi connectivity index (χ1) is 9.52. The summed E-state index contributed by atoms with van der Waals surface area (Å²) in [5.74, 6) is 1.42. The number of hydrogen-bond acceptors (Lipinski definition) is 6. The molecule has 0 aliphatic heterocycles. The molecule has 6 heteroatoms. The van der Waals surface area contributed by atoms with Crippen molar-refractivity contribution >= 4 is 27.4 Å². The summed E-state index contributed by atoms with van der Waals surface area (Å²) in [6.45, 7) is 6.96. The van der Waals surface area contributed by atoms with Crippen molar-refractivity contribution in [1.82, 2.24) is 20.2 Å². The van der Waals surface area contributed by atoms with Gasteiger partial charge in [0.15, 0.2) is 0 Å². The number of hydrogen-bond donors (Lipinski definition) is 2. The van der Waals surface area contributed by atoms with Crippen LogP contribution in [-0.4, -0.2) is 42.1 Å². The highest BCUT2D eigenvalue weighted by Gasteiger charge is 2.13. The van der Waals surface area contributed by atoms with Gasteiger partial charge in [0, 0.05) is 4.88 Å². The Kier molecular flexibility index (Phi) is 4.91. The van der Waals surface area contributed by atoms with Gasteiger partial charge in [0.05, 0.1) is 11.9 Å². The van der Waals surface area contributed by atoms with Gasteiger partial charge in [0.2, 0.25) is 0 Å². The van der Waals surface area contributed by atoms with Crippen LogP contribution in [-0.2, 0) is 6.54 Å². The molecule has 0 fully saturated rings. The topological polar surface area (TPSA) is 67.1 Å². The normalized spacial score (nSPS) is 11.7. The molecular formula is C14H23N5S. The minimum atomic E-state index is 0.607. The molecule has 2 aromatic heterocycles. The van der Waals surface area contributed by atoms with Crippen molar-refractivity contribution in [2.45, 2.75) is 26.8 Å². The number of rotatable bonds is 6. The molecule has 0 amide bonds. The first kappa shape index (κ1) is 15.2. The van der Waals surface area contributed by atoms with Crippen LogP contribution in [0.25, 0.3) is 10.2 Å². The second kappa shape index (κ2) is 6.47. The van der Waals surface area contributed by atoms with E-state index in [1.807, 2.05) is 7.05 Å². The molecule has 3 N–H and O–H groups in total. The van der Waals surface area contributed by atoms with Crippen molar-refractivity contribution in [3.8, 4) is 0 Å². The van der Waals surface area contributed by atoms with Crippen LogP contribution < -0.4 is 11.1 Å². The van der Waals surface area contributed by atoms with Gasteiger partial charge in [-0.05, 0) is 53.0 Å². The van der Waals surface area contributed by atoms with Crippen LogP contribution >= 0.6 is 11.3 Å². The molecule has 0 aliphatic rings. The zero-order valence-electron chi connectivity index (χ0n) is 12.7. The average Bonchev–Trinajstić information content (AvgIpc) is 2.65. The van der Waals surface area contributed by atoms with Crippen molar-refractivity contribution in [2.24, 2.45) is 0 Å². The van der Waals surface area contributed by atoms with Gasteiger partial charge in [-0.1, -0.05) is 0 Å². The third-order valence-electron chi connectivity index (χ3n) is 3.48. The number of nitrogens with zero attached hydrogens (tertiary/aromatic N) is 3. The summed E-state index contributed by atoms with van der Waals surface area (Å²) >= 11 is 1.70. The zero-order valence-corrected chi connectivity index (χ0v) is 13.5. The summed E-state index contributed by atoms with van der Waals surface area (Å²) in [5, 5.41) is 4.18. The molecule has 2 rings (SSSR count). The molecule has 0 aliphatic carbocycles. The largest absolute Gasteiger partial charge is 0.383 e. The summed E-state index contributed by atoms with van der Waals surface area (Å²) in [4.78, 5) is 13.6. The molecule has 5 nitrogen and oxygen atoms in total. The van der Waals surface area contributed by atoms with E-state index >= 15 is 0 Å². The Labute approximate surface area is 124 Å². The van der Waals surface area contributed by atoms with E-state index in [1.54, 1.807) is 11.3 Å². The quantitative estimate of drug-likeness (QED) is 0.797. The van der Waals surface area contributed by atoms with Crippen molar-refractivity contribution < 1.29 is 0 Å². The van der Waals surface area contributed by atoms with Crippen molar-refractivity contribution in [1.29, 1.82) is 0 Å². The predicted octanol–water partition coefficient (Wildman–Crippen LogP) is 1.93. The van der Waals surface area contributed by atoms with Gasteiger partial charge >= 0.3 is 0 Å². The number of nitrogen functional groups attached to an aromatic ring is 1. The van der Waals surface area contributed by atoms with E-state index in [1.165, 1.54) is 10.4 Å². The van der Waals surface area contributed by atoms with Gasteiger partial charge in [-0.15, -0.1) is 11.3 Å². The lowest BCUT2D eigenvalue weighted by Crippen LogP contribution is -2.23. The van der Waals surface area contributed by atoms with Crippen LogP contribution in [0.3, 0.4) is 0 Å². The van der Waals surface area contributed by atoms with Crippen molar-refractivity contribution in [2.75, 3.05) is 32.9 Å². The maximum atomic E-state index is 6.10. The summed E-state index contributed by atoms with van der Waals surface area (Å²) in [7, 11) is 4.06. The lowest BCUT2D eigenvalue weighted by molar-refractivity contribution is 0.313. The standard InChI is InChI=1S/C14H23N5S/c1-9-10(2)20-14-12(9)13(15)17-11(18-14)8-19(4)7-5-6-16-3/h16H,5-8H2,1-4H3,(H2,15,17,18). The molecular weight excluding hydrogens is 270 g/mol. The van der Waals surface area contributed by atoms with Crippen LogP contribution in [0.4, 0.5) is 5.82 Å². The Balaban J connectivity index is 2.15. The van der Waals surface area contributed by atoms with Gasteiger partial charge in [-0.3, -0.25) is 4.90 Å². The smallest absolute Gasteiger partial charge is 0.146 e. The summed E-state index contributed by atoms with van der Waals surface area (Å²) in [6.07, 6.45) is 1.11. The highest BCUT2D eigenvalue weighted by atomic mass is 32.1. The minimum absolute atomic E-state index is 0.607. The Bertz CT molecular complexity index is 593. The third kappa shape index (κ3) is 3.26. The average molecular weight is 293 g/mol. The highest BCUT2D eigenvalue weighted by Crippen LogP contribution is 2.31. The Morgan fingerprint density at radius 2 is 2.05 bits per heavy atom. The van der Waals surface area contributed by atoms with Gasteiger partial charge in [-0.25, -0.2) is 9.97 Å². The Morgan fingerprint density at radius 3 is 2.75 bits per heavy atom. The maximum absolute atomic E-state index is 6.10. The zero-order chi connectivity index (χ0) is 14.7. The lowest BCUT2D eigenvalue weighted by atomic mass is 10.2. The molecule has 0 saturated carbocycles. The van der Waals surface area contributed by atoms with E-state index in [0.29, 0.717) is 5.82 Å². The lowest BCUT2D eigenvalue weighted by Gasteiger charge is -2.15. The van der Waals surface area contributed by atoms with E-state index < -0.39 is 0 Å². The molecule has 110 valence electrons. The van der Waals surface area contributed by atoms with Crippen LogP contribution in [0.2, 0.25) is 0 Å². The number of nitrogens with one attached hydrogen (secondary N) is 1. The molecule has 20 heavy (non-hydrogen) atoms. The van der Waals surface area contributed by atoms with Gasteiger partial charge in [0.25, 0.3) is 0 Å². The van der Waals surface area contributed by atoms with Gasteiger partial charge < -0.3 is 11.1 Å². The van der Waals surface area contributed by atoms with E-state index in [4.69, 9.17) is 5.73 Å². The fourth-order valence-electron chi connectivity index (χ4n) is 2.24. The number of nitrogens with two attached hydrogens (primary N) is 1. The van der Waals surface area contributed by atoms with Crippen molar-refractivity contribution in [3.63, 3.8) is 0 Å². The van der Waals surface area contributed by atoms with Gasteiger partial charge in [0.1, 0.15) is 16.5 Å². The molecule has 0 atom stereocenters. The molecule has 2 aromatic rings. The first-order valence-electron chi connectivity index (χ1n) is 6.88. The first-order valence-corrected chi connectivity index (χ1v) is 7.69. The van der Waals surface area contributed by atoms with Gasteiger partial charge in [-0.2, -0.15) is 0 Å². The SMILES string of the molecule is CNCCCN(C)Cc1nc(N)c2c(C)c(C)sc2n1. The molecule has 0 bridgehead atoms. The second-order valence-electron chi connectivity index (χ2n) is 5.18. The fourth-order valence-corrected chi connectivity index (χ4v) is 3.30. The number of aryl methyl sites for hydroxylation is 2. The molecule has 0 radical (unpaired) electrons. The Hall–Kier alpha value is -1.24. The number of anilines is 1. The highest BCUT2D eigenvalue weighted by molar-refractivity contribution is 7.18. The molecule has 0 unspecified atom stereocenters. The van der Waals surface area contributed by atoms with E-state index in [9.17, 15) is 0 Å². The third-order valence-corrected chi connectivity index (χ3v) is 4.58. The summed E-state index contributed by atoms with van der Waals surface area (Å²) in [5.41, 5.74) is 7.30. The molecule has 0 aromatic carbocycles.